The second kappa shape index (κ2) is 5.81. The Balaban J connectivity index is 1.82. The Morgan fingerprint density at radius 3 is 2.82 bits per heavy atom. The van der Waals surface area contributed by atoms with E-state index in [9.17, 15) is 9.59 Å². The van der Waals surface area contributed by atoms with Crippen molar-refractivity contribution >= 4 is 22.8 Å². The van der Waals surface area contributed by atoms with Crippen LogP contribution < -0.4 is 0 Å². The van der Waals surface area contributed by atoms with Crippen LogP contribution in [0.5, 0.6) is 0 Å². The molecule has 3 rings (SSSR count). The molecule has 1 aromatic carbocycles. The molecule has 0 bridgehead atoms. The molecule has 1 N–H and O–H groups in total. The summed E-state index contributed by atoms with van der Waals surface area (Å²) < 4.78 is 9.63. The van der Waals surface area contributed by atoms with Gasteiger partial charge in [-0.1, -0.05) is 18.2 Å². The average molecular weight is 302 g/mol. The number of benzene rings is 1. The number of aromatic nitrogens is 1. The first-order valence-corrected chi connectivity index (χ1v) is 7.12. The molecule has 6 heteroatoms. The molecule has 2 heterocycles. The van der Waals surface area contributed by atoms with Crippen LogP contribution in [0.4, 0.5) is 0 Å². The van der Waals surface area contributed by atoms with Gasteiger partial charge in [-0.3, -0.25) is 14.5 Å². The second-order valence-electron chi connectivity index (χ2n) is 5.34. The number of nitrogens with one attached hydrogen (secondary N) is 1. The van der Waals surface area contributed by atoms with Crippen LogP contribution in [-0.2, 0) is 25.5 Å². The number of rotatable bonds is 5. The third-order valence-corrected chi connectivity index (χ3v) is 4.09. The van der Waals surface area contributed by atoms with Gasteiger partial charge in [-0.15, -0.1) is 0 Å². The van der Waals surface area contributed by atoms with Gasteiger partial charge in [0.25, 0.3) is 0 Å². The summed E-state index contributed by atoms with van der Waals surface area (Å²) in [7, 11) is 2.72. The fourth-order valence-corrected chi connectivity index (χ4v) is 2.82. The summed E-state index contributed by atoms with van der Waals surface area (Å²) in [5, 5.41) is 1.08. The van der Waals surface area contributed by atoms with E-state index in [2.05, 4.69) is 4.98 Å². The number of hydrogen-bond acceptors (Lipinski definition) is 5. The first-order valence-electron chi connectivity index (χ1n) is 7.12. The van der Waals surface area contributed by atoms with Gasteiger partial charge in [0.2, 0.25) is 0 Å². The van der Waals surface area contributed by atoms with E-state index in [1.54, 1.807) is 4.90 Å². The van der Waals surface area contributed by atoms with Crippen molar-refractivity contribution in [2.24, 2.45) is 0 Å². The van der Waals surface area contributed by atoms with E-state index in [-0.39, 0.29) is 18.0 Å². The molecule has 1 saturated heterocycles. The Bertz CT molecular complexity index is 709. The number of hydrogen-bond donors (Lipinski definition) is 1. The van der Waals surface area contributed by atoms with Crippen LogP contribution in [0.2, 0.25) is 0 Å². The number of ether oxygens (including phenoxy) is 2. The largest absolute Gasteiger partial charge is 0.468 e. The Morgan fingerprint density at radius 1 is 1.32 bits per heavy atom. The van der Waals surface area contributed by atoms with Crippen LogP contribution in [0.15, 0.2) is 30.5 Å². The van der Waals surface area contributed by atoms with E-state index in [0.29, 0.717) is 13.0 Å². The minimum atomic E-state index is -0.478. The predicted octanol–water partition coefficient (Wildman–Crippen LogP) is 1.11. The van der Waals surface area contributed by atoms with Crippen molar-refractivity contribution in [3.05, 3.63) is 36.0 Å². The monoisotopic (exact) mass is 302 g/mol. The Labute approximate surface area is 128 Å². The van der Waals surface area contributed by atoms with Crippen molar-refractivity contribution in [2.45, 2.75) is 18.5 Å². The maximum atomic E-state index is 12.1. The predicted molar refractivity (Wildman–Crippen MR) is 80.3 cm³/mol. The average Bonchev–Trinajstić information content (AvgIpc) is 3.25. The molecule has 1 aromatic heterocycles. The molecular formula is C16H18N2O4. The fraction of sp³-hybridized carbons (Fsp3) is 0.375. The maximum absolute atomic E-state index is 12.1. The molecule has 0 amide bonds. The zero-order chi connectivity index (χ0) is 15.7. The molecule has 0 spiro atoms. The van der Waals surface area contributed by atoms with Crippen molar-refractivity contribution in [1.29, 1.82) is 0 Å². The molecule has 6 nitrogen and oxygen atoms in total. The quantitative estimate of drug-likeness (QED) is 0.662. The molecule has 0 radical (unpaired) electrons. The van der Waals surface area contributed by atoms with Crippen LogP contribution in [0.1, 0.15) is 5.56 Å². The molecular weight excluding hydrogens is 284 g/mol. The molecule has 0 aliphatic carbocycles. The van der Waals surface area contributed by atoms with Gasteiger partial charge in [0, 0.05) is 30.1 Å². The van der Waals surface area contributed by atoms with E-state index in [0.717, 1.165) is 16.5 Å². The third kappa shape index (κ3) is 2.57. The van der Waals surface area contributed by atoms with Crippen LogP contribution in [0, 0.1) is 0 Å². The number of H-pyrrole nitrogens is 1. The lowest BCUT2D eigenvalue weighted by molar-refractivity contribution is -0.146. The molecule has 1 fully saturated rings. The SMILES string of the molecule is COC(=O)[C@@H](Cc1c[nH]c2ccccc12)N1C[C@@H]1C(=O)OC. The van der Waals surface area contributed by atoms with Gasteiger partial charge in [-0.2, -0.15) is 0 Å². The highest BCUT2D eigenvalue weighted by molar-refractivity contribution is 5.86. The van der Waals surface area contributed by atoms with E-state index < -0.39 is 6.04 Å². The van der Waals surface area contributed by atoms with Gasteiger partial charge in [0.05, 0.1) is 14.2 Å². The first kappa shape index (κ1) is 14.6. The van der Waals surface area contributed by atoms with Crippen molar-refractivity contribution in [1.82, 2.24) is 9.88 Å². The minimum absolute atomic E-state index is 0.312. The summed E-state index contributed by atoms with van der Waals surface area (Å²) >= 11 is 0. The highest BCUT2D eigenvalue weighted by atomic mass is 16.5. The summed E-state index contributed by atoms with van der Waals surface area (Å²) in [6, 6.07) is 7.09. The van der Waals surface area contributed by atoms with Gasteiger partial charge < -0.3 is 14.5 Å². The van der Waals surface area contributed by atoms with E-state index in [1.165, 1.54) is 14.2 Å². The van der Waals surface area contributed by atoms with Crippen molar-refractivity contribution in [3.8, 4) is 0 Å². The lowest BCUT2D eigenvalue weighted by Crippen LogP contribution is -2.35. The van der Waals surface area contributed by atoms with Crippen molar-refractivity contribution in [2.75, 3.05) is 20.8 Å². The standard InChI is InChI=1S/C16H18N2O4/c1-21-15(19)13(18-9-14(18)16(20)22-2)7-10-8-17-12-6-4-3-5-11(10)12/h3-6,8,13-14,17H,7,9H2,1-2H3/t13-,14-,18?/m1/s1. The number of esters is 2. The van der Waals surface area contributed by atoms with Crippen LogP contribution in [-0.4, -0.2) is 54.7 Å². The molecule has 1 aliphatic rings. The molecule has 0 saturated carbocycles. The van der Waals surface area contributed by atoms with Gasteiger partial charge in [-0.25, -0.2) is 0 Å². The zero-order valence-corrected chi connectivity index (χ0v) is 12.5. The van der Waals surface area contributed by atoms with Gasteiger partial charge in [-0.05, 0) is 11.6 Å². The smallest absolute Gasteiger partial charge is 0.324 e. The summed E-state index contributed by atoms with van der Waals surface area (Å²) in [5.41, 5.74) is 2.05. The van der Waals surface area contributed by atoms with Gasteiger partial charge >= 0.3 is 11.9 Å². The number of carbonyl (C=O) groups is 2. The lowest BCUT2D eigenvalue weighted by atomic mass is 10.0. The minimum Gasteiger partial charge on any atom is -0.468 e. The van der Waals surface area contributed by atoms with E-state index in [1.807, 2.05) is 30.5 Å². The van der Waals surface area contributed by atoms with Gasteiger partial charge in [0.1, 0.15) is 12.1 Å². The topological polar surface area (TPSA) is 71.4 Å². The molecule has 1 unspecified atom stereocenters. The van der Waals surface area contributed by atoms with Crippen LogP contribution in [0.3, 0.4) is 0 Å². The summed E-state index contributed by atoms with van der Waals surface area (Å²) in [6.45, 7) is 0.523. The molecule has 2 aromatic rings. The summed E-state index contributed by atoms with van der Waals surface area (Å²) in [4.78, 5) is 28.7. The number of para-hydroxylation sites is 1. The van der Waals surface area contributed by atoms with E-state index >= 15 is 0 Å². The maximum Gasteiger partial charge on any atom is 0.324 e. The second-order valence-corrected chi connectivity index (χ2v) is 5.34. The Hall–Kier alpha value is -2.34. The first-order chi connectivity index (χ1) is 10.7. The lowest BCUT2D eigenvalue weighted by Gasteiger charge is -2.16. The van der Waals surface area contributed by atoms with Crippen molar-refractivity contribution < 1.29 is 19.1 Å². The normalized spacial score (nSPS) is 21.4. The van der Waals surface area contributed by atoms with E-state index in [4.69, 9.17) is 9.47 Å². The van der Waals surface area contributed by atoms with Gasteiger partial charge in [0.15, 0.2) is 0 Å². The number of fused-ring (bicyclic) bond motifs is 1. The van der Waals surface area contributed by atoms with Crippen LogP contribution in [0.25, 0.3) is 10.9 Å². The zero-order valence-electron chi connectivity index (χ0n) is 12.5. The highest BCUT2D eigenvalue weighted by Gasteiger charge is 2.48. The number of aromatic amines is 1. The van der Waals surface area contributed by atoms with Crippen molar-refractivity contribution in [3.63, 3.8) is 0 Å². The highest BCUT2D eigenvalue weighted by Crippen LogP contribution is 2.28. The molecule has 1 aliphatic heterocycles. The molecule has 3 atom stereocenters. The molecule has 22 heavy (non-hydrogen) atoms. The Morgan fingerprint density at radius 2 is 2.09 bits per heavy atom. The third-order valence-electron chi connectivity index (χ3n) is 4.09. The van der Waals surface area contributed by atoms with Crippen LogP contribution >= 0.6 is 0 Å². The number of methoxy groups -OCH3 is 2. The summed E-state index contributed by atoms with van der Waals surface area (Å²) in [6.07, 6.45) is 2.39. The molecule has 116 valence electrons. The Kier molecular flexibility index (Phi) is 3.85. The summed E-state index contributed by atoms with van der Waals surface area (Å²) in [5.74, 6) is -0.649. The number of carbonyl (C=O) groups excluding carboxylic acids is 2. The number of nitrogens with zero attached hydrogens (tertiary/aromatic N) is 1. The fourth-order valence-electron chi connectivity index (χ4n) is 2.82.